The third-order valence-electron chi connectivity index (χ3n) is 2.17. The molecule has 0 bridgehead atoms. The van der Waals surface area contributed by atoms with E-state index < -0.39 is 0 Å². The van der Waals surface area contributed by atoms with E-state index >= 15 is 0 Å². The normalized spacial score (nSPS) is 10.2. The molecule has 0 saturated carbocycles. The van der Waals surface area contributed by atoms with E-state index in [9.17, 15) is 4.79 Å². The number of carbonyl (C=O) groups excluding carboxylic acids is 1. The van der Waals surface area contributed by atoms with Gasteiger partial charge in [-0.3, -0.25) is 0 Å². The second kappa shape index (κ2) is 8.03. The van der Waals surface area contributed by atoms with Crippen molar-refractivity contribution < 1.29 is 9.90 Å². The molecule has 0 aliphatic heterocycles. The zero-order valence-electron chi connectivity index (χ0n) is 10.0. The van der Waals surface area contributed by atoms with Gasteiger partial charge in [0.25, 0.3) is 0 Å². The number of amides is 2. The first-order valence-corrected chi connectivity index (χ1v) is 6.64. The van der Waals surface area contributed by atoms with E-state index in [2.05, 4.69) is 21.0 Å². The van der Waals surface area contributed by atoms with Crippen molar-refractivity contribution in [2.75, 3.05) is 19.7 Å². The highest BCUT2D eigenvalue weighted by Gasteiger charge is 2.00. The van der Waals surface area contributed by atoms with E-state index in [0.29, 0.717) is 13.1 Å². The monoisotopic (exact) mass is 257 g/mol. The van der Waals surface area contributed by atoms with Crippen molar-refractivity contribution in [1.82, 2.24) is 15.6 Å². The number of carbonyl (C=O) groups is 1. The zero-order valence-corrected chi connectivity index (χ0v) is 10.8. The zero-order chi connectivity index (χ0) is 12.5. The molecule has 0 fully saturated rings. The van der Waals surface area contributed by atoms with Gasteiger partial charge in [-0.1, -0.05) is 0 Å². The smallest absolute Gasteiger partial charge is 0.314 e. The lowest BCUT2D eigenvalue weighted by Gasteiger charge is -2.05. The molecule has 5 nitrogen and oxygen atoms in total. The highest BCUT2D eigenvalue weighted by atomic mass is 32.1. The lowest BCUT2D eigenvalue weighted by Crippen LogP contribution is -2.37. The summed E-state index contributed by atoms with van der Waals surface area (Å²) in [4.78, 5) is 15.5. The van der Waals surface area contributed by atoms with Crippen LogP contribution in [0, 0.1) is 6.92 Å². The van der Waals surface area contributed by atoms with Gasteiger partial charge in [-0.25, -0.2) is 9.78 Å². The molecule has 3 N–H and O–H groups in total. The number of nitrogens with one attached hydrogen (secondary N) is 2. The van der Waals surface area contributed by atoms with Crippen molar-refractivity contribution in [3.05, 3.63) is 16.1 Å². The molecule has 2 amide bonds. The maximum absolute atomic E-state index is 11.1. The first-order chi connectivity index (χ1) is 8.22. The maximum atomic E-state index is 11.1. The van der Waals surface area contributed by atoms with E-state index in [1.807, 2.05) is 6.92 Å². The molecule has 6 heteroatoms. The largest absolute Gasteiger partial charge is 0.395 e. The number of hydrogen-bond acceptors (Lipinski definition) is 4. The first kappa shape index (κ1) is 13.9. The lowest BCUT2D eigenvalue weighted by atomic mass is 10.2. The van der Waals surface area contributed by atoms with Crippen LogP contribution in [-0.2, 0) is 6.42 Å². The molecule has 1 aromatic rings. The Labute approximate surface area is 105 Å². The Morgan fingerprint density at radius 1 is 1.41 bits per heavy atom. The van der Waals surface area contributed by atoms with E-state index in [1.165, 1.54) is 0 Å². The Hall–Kier alpha value is -1.14. The van der Waals surface area contributed by atoms with Crippen LogP contribution >= 0.6 is 11.3 Å². The number of rotatable bonds is 7. The van der Waals surface area contributed by atoms with Gasteiger partial charge in [-0.15, -0.1) is 11.3 Å². The van der Waals surface area contributed by atoms with Crippen LogP contribution in [0.4, 0.5) is 4.79 Å². The molecule has 1 aromatic heterocycles. The molecule has 17 heavy (non-hydrogen) atoms. The quantitative estimate of drug-likeness (QED) is 0.640. The maximum Gasteiger partial charge on any atom is 0.314 e. The van der Waals surface area contributed by atoms with Crippen molar-refractivity contribution in [1.29, 1.82) is 0 Å². The van der Waals surface area contributed by atoms with E-state index in [0.717, 1.165) is 30.0 Å². The van der Waals surface area contributed by atoms with Gasteiger partial charge in [0.1, 0.15) is 0 Å². The van der Waals surface area contributed by atoms with Crippen molar-refractivity contribution in [3.8, 4) is 0 Å². The number of aliphatic hydroxyl groups excluding tert-OH is 1. The summed E-state index contributed by atoms with van der Waals surface area (Å²) in [6, 6.07) is -0.218. The number of urea groups is 1. The molecule has 0 unspecified atom stereocenters. The third-order valence-corrected chi connectivity index (χ3v) is 3.19. The highest BCUT2D eigenvalue weighted by molar-refractivity contribution is 7.09. The summed E-state index contributed by atoms with van der Waals surface area (Å²) in [6.45, 7) is 2.91. The fourth-order valence-corrected chi connectivity index (χ4v) is 2.17. The third kappa shape index (κ3) is 6.23. The molecule has 96 valence electrons. The SMILES string of the molecule is Cc1csc(CCCCNC(=O)NCCO)n1. The molecule has 1 rings (SSSR count). The van der Waals surface area contributed by atoms with Gasteiger partial charge in [0.05, 0.1) is 11.6 Å². The van der Waals surface area contributed by atoms with Gasteiger partial charge >= 0.3 is 6.03 Å². The summed E-state index contributed by atoms with van der Waals surface area (Å²) in [5, 5.41) is 17.0. The summed E-state index contributed by atoms with van der Waals surface area (Å²) in [5.41, 5.74) is 1.08. The Kier molecular flexibility index (Phi) is 6.57. The van der Waals surface area contributed by atoms with Gasteiger partial charge in [0, 0.05) is 24.2 Å². The number of unbranched alkanes of at least 4 members (excludes halogenated alkanes) is 1. The average molecular weight is 257 g/mol. The van der Waals surface area contributed by atoms with Crippen molar-refractivity contribution >= 4 is 17.4 Å². The minimum atomic E-state index is -0.218. The van der Waals surface area contributed by atoms with Crippen LogP contribution in [0.5, 0.6) is 0 Å². The molecule has 0 radical (unpaired) electrons. The number of aryl methyl sites for hydroxylation is 2. The summed E-state index contributed by atoms with van der Waals surface area (Å²) >= 11 is 1.69. The van der Waals surface area contributed by atoms with Gasteiger partial charge < -0.3 is 15.7 Å². The Morgan fingerprint density at radius 3 is 2.82 bits per heavy atom. The van der Waals surface area contributed by atoms with Crippen LogP contribution in [0.3, 0.4) is 0 Å². The summed E-state index contributed by atoms with van der Waals surface area (Å²) in [5.74, 6) is 0. The van der Waals surface area contributed by atoms with Crippen LogP contribution < -0.4 is 10.6 Å². The lowest BCUT2D eigenvalue weighted by molar-refractivity contribution is 0.234. The van der Waals surface area contributed by atoms with Crippen molar-refractivity contribution in [2.45, 2.75) is 26.2 Å². The second-order valence-corrected chi connectivity index (χ2v) is 4.69. The number of nitrogens with zero attached hydrogens (tertiary/aromatic N) is 1. The fraction of sp³-hybridized carbons (Fsp3) is 0.636. The number of aliphatic hydroxyl groups is 1. The first-order valence-electron chi connectivity index (χ1n) is 5.76. The Balaban J connectivity index is 1.99. The highest BCUT2D eigenvalue weighted by Crippen LogP contribution is 2.11. The number of hydrogen-bond donors (Lipinski definition) is 3. The van der Waals surface area contributed by atoms with Crippen LogP contribution in [0.1, 0.15) is 23.5 Å². The van der Waals surface area contributed by atoms with Crippen molar-refractivity contribution in [3.63, 3.8) is 0 Å². The molecular formula is C11H19N3O2S. The Bertz CT molecular complexity index is 341. The topological polar surface area (TPSA) is 74.2 Å². The summed E-state index contributed by atoms with van der Waals surface area (Å²) in [6.07, 6.45) is 2.93. The van der Waals surface area contributed by atoms with Crippen molar-refractivity contribution in [2.24, 2.45) is 0 Å². The predicted octanol–water partition coefficient (Wildman–Crippen LogP) is 1.07. The standard InChI is InChI=1S/C11H19N3O2S/c1-9-8-17-10(14-9)4-2-3-5-12-11(16)13-6-7-15/h8,15H,2-7H2,1H3,(H2,12,13,16). The second-order valence-electron chi connectivity index (χ2n) is 3.75. The molecule has 1 heterocycles. The molecule has 0 spiro atoms. The van der Waals surface area contributed by atoms with Crippen LogP contribution in [-0.4, -0.2) is 35.8 Å². The summed E-state index contributed by atoms with van der Waals surface area (Å²) in [7, 11) is 0. The van der Waals surface area contributed by atoms with Crippen LogP contribution in [0.25, 0.3) is 0 Å². The minimum Gasteiger partial charge on any atom is -0.395 e. The average Bonchev–Trinajstić information content (AvgIpc) is 2.72. The van der Waals surface area contributed by atoms with E-state index in [-0.39, 0.29) is 12.6 Å². The minimum absolute atomic E-state index is 0.0309. The van der Waals surface area contributed by atoms with E-state index in [4.69, 9.17) is 5.11 Å². The number of thiazole rings is 1. The molecule has 0 aromatic carbocycles. The molecule has 0 saturated heterocycles. The van der Waals surface area contributed by atoms with Crippen LogP contribution in [0.15, 0.2) is 5.38 Å². The molecule has 0 atom stereocenters. The number of aromatic nitrogens is 1. The van der Waals surface area contributed by atoms with Gasteiger partial charge in [0.15, 0.2) is 0 Å². The predicted molar refractivity (Wildman–Crippen MR) is 68.3 cm³/mol. The molecule has 0 aliphatic rings. The van der Waals surface area contributed by atoms with E-state index in [1.54, 1.807) is 11.3 Å². The molecule has 0 aliphatic carbocycles. The summed E-state index contributed by atoms with van der Waals surface area (Å²) < 4.78 is 0. The van der Waals surface area contributed by atoms with Crippen LogP contribution in [0.2, 0.25) is 0 Å². The molecular weight excluding hydrogens is 238 g/mol. The van der Waals surface area contributed by atoms with Gasteiger partial charge in [-0.2, -0.15) is 0 Å². The van der Waals surface area contributed by atoms with Gasteiger partial charge in [0.2, 0.25) is 0 Å². The Morgan fingerprint density at radius 2 is 2.18 bits per heavy atom. The fourth-order valence-electron chi connectivity index (χ4n) is 1.35. The van der Waals surface area contributed by atoms with Gasteiger partial charge in [-0.05, 0) is 26.2 Å².